The van der Waals surface area contributed by atoms with Crippen molar-refractivity contribution in [1.29, 1.82) is 0 Å². The molecule has 0 saturated carbocycles. The Kier molecular flexibility index (Phi) is 5.48. The number of para-hydroxylation sites is 1. The zero-order valence-electron chi connectivity index (χ0n) is 16.4. The average Bonchev–Trinajstić information content (AvgIpc) is 3.02. The molecule has 0 radical (unpaired) electrons. The molecule has 6 nitrogen and oxygen atoms in total. The molecule has 0 aliphatic carbocycles. The van der Waals surface area contributed by atoms with Crippen LogP contribution in [0.15, 0.2) is 89.1 Å². The van der Waals surface area contributed by atoms with Crippen LogP contribution in [0.1, 0.15) is 16.7 Å². The first-order valence-electron chi connectivity index (χ1n) is 9.56. The maximum absolute atomic E-state index is 13.0. The van der Waals surface area contributed by atoms with Gasteiger partial charge in [-0.15, -0.1) is 5.10 Å². The predicted molar refractivity (Wildman–Crippen MR) is 119 cm³/mol. The molecule has 0 saturated heterocycles. The number of carbonyl (C=O) groups excluding carboxylic acids is 2. The van der Waals surface area contributed by atoms with E-state index in [1.165, 1.54) is 4.90 Å². The molecule has 0 fully saturated rings. The molecule has 1 heterocycles. The Morgan fingerprint density at radius 3 is 2.43 bits per heavy atom. The van der Waals surface area contributed by atoms with Gasteiger partial charge in [-0.3, -0.25) is 14.5 Å². The summed E-state index contributed by atoms with van der Waals surface area (Å²) in [4.78, 5) is 26.9. The van der Waals surface area contributed by atoms with Gasteiger partial charge in [0.15, 0.2) is 5.71 Å². The van der Waals surface area contributed by atoms with Crippen molar-refractivity contribution in [3.8, 4) is 0 Å². The third-order valence-corrected chi connectivity index (χ3v) is 4.70. The molecule has 0 aromatic heterocycles. The van der Waals surface area contributed by atoms with E-state index >= 15 is 0 Å². The van der Waals surface area contributed by atoms with E-state index in [-0.39, 0.29) is 24.1 Å². The van der Waals surface area contributed by atoms with E-state index in [1.54, 1.807) is 12.3 Å². The van der Waals surface area contributed by atoms with Gasteiger partial charge in [-0.05, 0) is 30.7 Å². The van der Waals surface area contributed by atoms with Gasteiger partial charge in [0.1, 0.15) is 6.54 Å². The van der Waals surface area contributed by atoms with Gasteiger partial charge in [-0.1, -0.05) is 66.2 Å². The molecule has 6 heteroatoms. The molecular weight excluding hydrogens is 376 g/mol. The lowest BCUT2D eigenvalue weighted by molar-refractivity contribution is -0.118. The lowest BCUT2D eigenvalue weighted by Gasteiger charge is -2.16. The Labute approximate surface area is 174 Å². The minimum absolute atomic E-state index is 0.106. The minimum Gasteiger partial charge on any atom is -0.325 e. The minimum atomic E-state index is -0.347. The van der Waals surface area contributed by atoms with E-state index in [1.807, 2.05) is 79.7 Å². The summed E-state index contributed by atoms with van der Waals surface area (Å²) in [7, 11) is 0. The Hall–Kier alpha value is -4.06. The van der Waals surface area contributed by atoms with Crippen molar-refractivity contribution in [1.82, 2.24) is 0 Å². The predicted octanol–water partition coefficient (Wildman–Crippen LogP) is 3.80. The van der Waals surface area contributed by atoms with Gasteiger partial charge < -0.3 is 5.32 Å². The van der Waals surface area contributed by atoms with Crippen LogP contribution < -0.4 is 10.2 Å². The molecule has 1 aliphatic rings. The first kappa shape index (κ1) is 19.3. The number of benzene rings is 3. The molecule has 1 aliphatic heterocycles. The highest BCUT2D eigenvalue weighted by molar-refractivity contribution is 6.54. The van der Waals surface area contributed by atoms with Crippen molar-refractivity contribution in [3.05, 3.63) is 95.6 Å². The summed E-state index contributed by atoms with van der Waals surface area (Å²) < 4.78 is 0. The Balaban J connectivity index is 1.54. The summed E-state index contributed by atoms with van der Waals surface area (Å²) in [5, 5.41) is 11.1. The third-order valence-electron chi connectivity index (χ3n) is 4.70. The van der Waals surface area contributed by atoms with Crippen molar-refractivity contribution < 1.29 is 9.59 Å². The maximum Gasteiger partial charge on any atom is 0.279 e. The molecule has 2 amide bonds. The number of amides is 2. The van der Waals surface area contributed by atoms with E-state index in [0.717, 1.165) is 11.1 Å². The smallest absolute Gasteiger partial charge is 0.279 e. The number of rotatable bonds is 5. The number of carbonyl (C=O) groups is 2. The molecule has 3 aromatic rings. The van der Waals surface area contributed by atoms with E-state index in [9.17, 15) is 9.59 Å². The van der Waals surface area contributed by atoms with Crippen LogP contribution in [0, 0.1) is 6.92 Å². The largest absolute Gasteiger partial charge is 0.325 e. The number of nitrogens with zero attached hydrogens (tertiary/aromatic N) is 3. The summed E-state index contributed by atoms with van der Waals surface area (Å²) in [5.74, 6) is -0.628. The molecular formula is C24H20N4O2. The third kappa shape index (κ3) is 4.17. The van der Waals surface area contributed by atoms with Crippen molar-refractivity contribution in [2.45, 2.75) is 6.92 Å². The summed E-state index contributed by atoms with van der Waals surface area (Å²) in [6.07, 6.45) is 1.59. The highest BCUT2D eigenvalue weighted by atomic mass is 16.2. The normalized spacial score (nSPS) is 14.4. The topological polar surface area (TPSA) is 74.1 Å². The molecule has 4 rings (SSSR count). The van der Waals surface area contributed by atoms with Crippen LogP contribution in [0.2, 0.25) is 0 Å². The fraction of sp³-hybridized carbons (Fsp3) is 0.0833. The lowest BCUT2D eigenvalue weighted by atomic mass is 10.1. The van der Waals surface area contributed by atoms with Crippen LogP contribution in [-0.4, -0.2) is 30.3 Å². The highest BCUT2D eigenvalue weighted by Crippen LogP contribution is 2.29. The van der Waals surface area contributed by atoms with Crippen LogP contribution in [0.4, 0.5) is 11.4 Å². The fourth-order valence-electron chi connectivity index (χ4n) is 3.19. The molecule has 0 spiro atoms. The van der Waals surface area contributed by atoms with Crippen molar-refractivity contribution in [2.24, 2.45) is 10.2 Å². The van der Waals surface area contributed by atoms with Crippen LogP contribution in [-0.2, 0) is 9.59 Å². The van der Waals surface area contributed by atoms with Crippen LogP contribution in [0.25, 0.3) is 0 Å². The molecule has 3 aromatic carbocycles. The first-order valence-corrected chi connectivity index (χ1v) is 9.56. The zero-order valence-corrected chi connectivity index (χ0v) is 16.4. The molecule has 0 atom stereocenters. The fourth-order valence-corrected chi connectivity index (χ4v) is 3.19. The number of fused-ring (bicyclic) bond motifs is 1. The summed E-state index contributed by atoms with van der Waals surface area (Å²) in [5.41, 5.74) is 4.21. The number of hydrogen-bond acceptors (Lipinski definition) is 4. The lowest BCUT2D eigenvalue weighted by Crippen LogP contribution is -2.37. The Bertz CT molecular complexity index is 1140. The number of anilines is 2. The van der Waals surface area contributed by atoms with Gasteiger partial charge >= 0.3 is 0 Å². The Morgan fingerprint density at radius 2 is 1.67 bits per heavy atom. The number of hydrogen-bond donors (Lipinski definition) is 1. The quantitative estimate of drug-likeness (QED) is 0.526. The second-order valence-corrected chi connectivity index (χ2v) is 6.93. The Morgan fingerprint density at radius 1 is 0.967 bits per heavy atom. The summed E-state index contributed by atoms with van der Waals surface area (Å²) in [6.45, 7) is 1.87. The highest BCUT2D eigenvalue weighted by Gasteiger charge is 2.35. The van der Waals surface area contributed by atoms with Gasteiger partial charge in [-0.2, -0.15) is 5.10 Å². The van der Waals surface area contributed by atoms with Gasteiger partial charge in [0.25, 0.3) is 5.91 Å². The molecule has 30 heavy (non-hydrogen) atoms. The average molecular weight is 396 g/mol. The van der Waals surface area contributed by atoms with E-state index in [0.29, 0.717) is 16.9 Å². The molecule has 148 valence electrons. The number of nitrogens with one attached hydrogen (secondary N) is 1. The van der Waals surface area contributed by atoms with Crippen LogP contribution in [0.3, 0.4) is 0 Å². The van der Waals surface area contributed by atoms with Gasteiger partial charge in [0.2, 0.25) is 5.91 Å². The van der Waals surface area contributed by atoms with E-state index in [2.05, 4.69) is 15.5 Å². The van der Waals surface area contributed by atoms with E-state index < -0.39 is 0 Å². The van der Waals surface area contributed by atoms with Crippen molar-refractivity contribution >= 4 is 35.1 Å². The maximum atomic E-state index is 13.0. The van der Waals surface area contributed by atoms with Crippen molar-refractivity contribution in [3.63, 3.8) is 0 Å². The monoisotopic (exact) mass is 396 g/mol. The van der Waals surface area contributed by atoms with Crippen molar-refractivity contribution in [2.75, 3.05) is 16.8 Å². The first-order chi connectivity index (χ1) is 14.6. The van der Waals surface area contributed by atoms with Crippen LogP contribution >= 0.6 is 0 Å². The summed E-state index contributed by atoms with van der Waals surface area (Å²) >= 11 is 0. The molecule has 0 unspecified atom stereocenters. The SMILES string of the molecule is Cc1ccc(NC(=O)CN2C(=O)C(=NN=Cc3ccccc3)c3ccccc32)cc1. The van der Waals surface area contributed by atoms with Gasteiger partial charge in [0, 0.05) is 11.3 Å². The standard InChI is InChI=1S/C24H20N4O2/c1-17-11-13-19(14-12-17)26-22(29)16-28-21-10-6-5-9-20(21)23(24(28)30)27-25-15-18-7-3-2-4-8-18/h2-15H,16H2,1H3,(H,26,29). The molecule has 1 N–H and O–H groups in total. The van der Waals surface area contributed by atoms with E-state index in [4.69, 9.17) is 0 Å². The summed E-state index contributed by atoms with van der Waals surface area (Å²) in [6, 6.07) is 24.3. The zero-order chi connectivity index (χ0) is 20.9. The van der Waals surface area contributed by atoms with Gasteiger partial charge in [0.05, 0.1) is 11.9 Å². The molecule has 0 bridgehead atoms. The second kappa shape index (κ2) is 8.53. The number of aryl methyl sites for hydroxylation is 1. The second-order valence-electron chi connectivity index (χ2n) is 6.93. The van der Waals surface area contributed by atoms with Gasteiger partial charge in [-0.25, -0.2) is 0 Å². The van der Waals surface area contributed by atoms with Crippen LogP contribution in [0.5, 0.6) is 0 Å².